The summed E-state index contributed by atoms with van der Waals surface area (Å²) < 4.78 is 0. The van der Waals surface area contributed by atoms with Gasteiger partial charge in [-0.05, 0) is 53.8 Å². The van der Waals surface area contributed by atoms with Crippen LogP contribution < -0.4 is 0 Å². The summed E-state index contributed by atoms with van der Waals surface area (Å²) in [7, 11) is 0. The minimum Gasteiger partial charge on any atom is -0.256 e. The van der Waals surface area contributed by atoms with Gasteiger partial charge in [-0.3, -0.25) is 4.98 Å². The normalized spacial score (nSPS) is 10.6. The Morgan fingerprint density at radius 2 is 1.67 bits per heavy atom. The zero-order valence-electron chi connectivity index (χ0n) is 12.5. The van der Waals surface area contributed by atoms with Gasteiger partial charge in [0.15, 0.2) is 0 Å². The Balaban J connectivity index is 2.14. The van der Waals surface area contributed by atoms with Crippen LogP contribution in [-0.2, 0) is 6.42 Å². The Bertz CT molecular complexity index is 745. The second-order valence-corrected chi connectivity index (χ2v) is 5.31. The van der Waals surface area contributed by atoms with Crippen LogP contribution in [0.2, 0.25) is 0 Å². The molecule has 0 saturated carbocycles. The molecule has 0 aliphatic rings. The van der Waals surface area contributed by atoms with Crippen LogP contribution in [0, 0.1) is 6.92 Å². The molecular formula is C20H19N. The monoisotopic (exact) mass is 273 g/mol. The fourth-order valence-electron chi connectivity index (χ4n) is 2.62. The highest BCUT2D eigenvalue weighted by Crippen LogP contribution is 2.29. The summed E-state index contributed by atoms with van der Waals surface area (Å²) in [5.41, 5.74) is 7.37. The van der Waals surface area contributed by atoms with Crippen LogP contribution >= 0.6 is 0 Å². The molecule has 3 aromatic rings. The predicted octanol–water partition coefficient (Wildman–Crippen LogP) is 5.29. The summed E-state index contributed by atoms with van der Waals surface area (Å²) in [6.07, 6.45) is 2.90. The highest BCUT2D eigenvalue weighted by molar-refractivity contribution is 5.74. The van der Waals surface area contributed by atoms with Crippen LogP contribution in [0.1, 0.15) is 18.1 Å². The second-order valence-electron chi connectivity index (χ2n) is 5.31. The van der Waals surface area contributed by atoms with Gasteiger partial charge in [0.2, 0.25) is 0 Å². The molecule has 0 aliphatic carbocycles. The first kappa shape index (κ1) is 13.6. The molecule has 0 fully saturated rings. The molecule has 3 rings (SSSR count). The van der Waals surface area contributed by atoms with Crippen molar-refractivity contribution in [3.8, 4) is 22.4 Å². The number of nitrogens with zero attached hydrogens (tertiary/aromatic N) is 1. The summed E-state index contributed by atoms with van der Waals surface area (Å²) in [6.45, 7) is 4.30. The van der Waals surface area contributed by atoms with E-state index in [0.717, 1.165) is 12.1 Å². The van der Waals surface area contributed by atoms with E-state index in [9.17, 15) is 0 Å². The van der Waals surface area contributed by atoms with Crippen molar-refractivity contribution in [1.82, 2.24) is 4.98 Å². The first-order valence-corrected chi connectivity index (χ1v) is 7.39. The molecule has 0 unspecified atom stereocenters. The lowest BCUT2D eigenvalue weighted by Crippen LogP contribution is -1.92. The average Bonchev–Trinajstić information content (AvgIpc) is 2.55. The highest BCUT2D eigenvalue weighted by atomic mass is 14.7. The van der Waals surface area contributed by atoms with Gasteiger partial charge >= 0.3 is 0 Å². The van der Waals surface area contributed by atoms with Gasteiger partial charge in [-0.1, -0.05) is 49.4 Å². The van der Waals surface area contributed by atoms with E-state index in [4.69, 9.17) is 0 Å². The van der Waals surface area contributed by atoms with Crippen molar-refractivity contribution in [2.75, 3.05) is 0 Å². The summed E-state index contributed by atoms with van der Waals surface area (Å²) in [5, 5.41) is 0. The Morgan fingerprint density at radius 1 is 0.857 bits per heavy atom. The summed E-state index contributed by atoms with van der Waals surface area (Å²) in [6, 6.07) is 21.4. The molecule has 0 N–H and O–H groups in total. The number of rotatable bonds is 3. The number of hydrogen-bond donors (Lipinski definition) is 0. The Labute approximate surface area is 126 Å². The fraction of sp³-hybridized carbons (Fsp3) is 0.150. The molecule has 0 radical (unpaired) electrons. The third kappa shape index (κ3) is 2.87. The molecule has 0 aliphatic heterocycles. The molecule has 0 saturated heterocycles. The van der Waals surface area contributed by atoms with Gasteiger partial charge < -0.3 is 0 Å². The van der Waals surface area contributed by atoms with E-state index in [1.807, 2.05) is 18.3 Å². The van der Waals surface area contributed by atoms with Crippen LogP contribution in [0.3, 0.4) is 0 Å². The fourth-order valence-corrected chi connectivity index (χ4v) is 2.62. The van der Waals surface area contributed by atoms with E-state index >= 15 is 0 Å². The van der Waals surface area contributed by atoms with Crippen LogP contribution in [0.25, 0.3) is 22.4 Å². The minimum absolute atomic E-state index is 1.01. The van der Waals surface area contributed by atoms with Gasteiger partial charge in [0.25, 0.3) is 0 Å². The molecule has 2 aromatic carbocycles. The van der Waals surface area contributed by atoms with E-state index in [1.54, 1.807) is 0 Å². The van der Waals surface area contributed by atoms with Crippen molar-refractivity contribution in [2.45, 2.75) is 20.3 Å². The van der Waals surface area contributed by atoms with Gasteiger partial charge in [-0.2, -0.15) is 0 Å². The molecule has 21 heavy (non-hydrogen) atoms. The molecule has 1 heterocycles. The Morgan fingerprint density at radius 3 is 2.38 bits per heavy atom. The van der Waals surface area contributed by atoms with E-state index in [1.165, 1.54) is 27.8 Å². The van der Waals surface area contributed by atoms with Gasteiger partial charge in [0.1, 0.15) is 0 Å². The Hall–Kier alpha value is -2.41. The molecule has 0 amide bonds. The Kier molecular flexibility index (Phi) is 3.83. The summed E-state index contributed by atoms with van der Waals surface area (Å²) >= 11 is 0. The summed E-state index contributed by atoms with van der Waals surface area (Å²) in [5.74, 6) is 0. The van der Waals surface area contributed by atoms with Gasteiger partial charge in [-0.15, -0.1) is 0 Å². The van der Waals surface area contributed by atoms with Crippen molar-refractivity contribution in [3.05, 3.63) is 78.0 Å². The van der Waals surface area contributed by atoms with Gasteiger partial charge in [0.05, 0.1) is 5.69 Å². The number of benzene rings is 2. The SMILES string of the molecule is CCc1ccc(-c2ccccc2)cc1-c1cc(C)ccn1. The lowest BCUT2D eigenvalue weighted by molar-refractivity contribution is 1.13. The van der Waals surface area contributed by atoms with Gasteiger partial charge in [0, 0.05) is 11.8 Å². The lowest BCUT2D eigenvalue weighted by atomic mass is 9.95. The van der Waals surface area contributed by atoms with Crippen molar-refractivity contribution < 1.29 is 0 Å². The molecular weight excluding hydrogens is 254 g/mol. The standard InChI is InChI=1S/C20H19N/c1-3-16-9-10-18(17-7-5-4-6-8-17)14-19(16)20-13-15(2)11-12-21-20/h4-14H,3H2,1-2H3. The predicted molar refractivity (Wildman–Crippen MR) is 89.2 cm³/mol. The maximum absolute atomic E-state index is 4.55. The molecule has 1 nitrogen and oxygen atoms in total. The van der Waals surface area contributed by atoms with E-state index in [0.29, 0.717) is 0 Å². The molecule has 1 heteroatoms. The van der Waals surface area contributed by atoms with E-state index in [2.05, 4.69) is 67.4 Å². The van der Waals surface area contributed by atoms with E-state index < -0.39 is 0 Å². The number of pyridine rings is 1. The van der Waals surface area contributed by atoms with Crippen LogP contribution in [0.4, 0.5) is 0 Å². The van der Waals surface area contributed by atoms with Crippen molar-refractivity contribution in [1.29, 1.82) is 0 Å². The molecule has 0 atom stereocenters. The average molecular weight is 273 g/mol. The van der Waals surface area contributed by atoms with Crippen molar-refractivity contribution in [3.63, 3.8) is 0 Å². The van der Waals surface area contributed by atoms with Crippen LogP contribution in [-0.4, -0.2) is 4.98 Å². The van der Waals surface area contributed by atoms with Gasteiger partial charge in [-0.25, -0.2) is 0 Å². The largest absolute Gasteiger partial charge is 0.256 e. The molecule has 1 aromatic heterocycles. The number of aromatic nitrogens is 1. The first-order valence-electron chi connectivity index (χ1n) is 7.39. The minimum atomic E-state index is 1.01. The van der Waals surface area contributed by atoms with E-state index in [-0.39, 0.29) is 0 Å². The maximum Gasteiger partial charge on any atom is 0.0707 e. The molecule has 0 bridgehead atoms. The zero-order chi connectivity index (χ0) is 14.7. The number of hydrogen-bond acceptors (Lipinski definition) is 1. The van der Waals surface area contributed by atoms with Crippen LogP contribution in [0.5, 0.6) is 0 Å². The lowest BCUT2D eigenvalue weighted by Gasteiger charge is -2.11. The highest BCUT2D eigenvalue weighted by Gasteiger charge is 2.08. The van der Waals surface area contributed by atoms with Crippen LogP contribution in [0.15, 0.2) is 66.9 Å². The zero-order valence-corrected chi connectivity index (χ0v) is 12.5. The quantitative estimate of drug-likeness (QED) is 0.632. The second kappa shape index (κ2) is 5.92. The number of aryl methyl sites for hydroxylation is 2. The first-order chi connectivity index (χ1) is 10.3. The molecule has 104 valence electrons. The topological polar surface area (TPSA) is 12.9 Å². The van der Waals surface area contributed by atoms with Crippen molar-refractivity contribution in [2.24, 2.45) is 0 Å². The maximum atomic E-state index is 4.55. The van der Waals surface area contributed by atoms with Crippen molar-refractivity contribution >= 4 is 0 Å². The third-order valence-electron chi connectivity index (χ3n) is 3.79. The summed E-state index contributed by atoms with van der Waals surface area (Å²) in [4.78, 5) is 4.55. The molecule has 0 spiro atoms. The third-order valence-corrected chi connectivity index (χ3v) is 3.79. The smallest absolute Gasteiger partial charge is 0.0707 e.